The predicted molar refractivity (Wildman–Crippen MR) is 90.5 cm³/mol. The summed E-state index contributed by atoms with van der Waals surface area (Å²) in [5.74, 6) is 0. The fourth-order valence-corrected chi connectivity index (χ4v) is 2.74. The summed E-state index contributed by atoms with van der Waals surface area (Å²) in [5.41, 5.74) is 3.54. The van der Waals surface area contributed by atoms with Crippen LogP contribution in [0.2, 0.25) is 0 Å². The molecule has 0 aliphatic rings. The van der Waals surface area contributed by atoms with E-state index in [-0.39, 0.29) is 0 Å². The molecule has 0 unspecified atom stereocenters. The van der Waals surface area contributed by atoms with Crippen molar-refractivity contribution in [3.8, 4) is 0 Å². The van der Waals surface area contributed by atoms with Gasteiger partial charge in [-0.15, -0.1) is 0 Å². The van der Waals surface area contributed by atoms with E-state index < -0.39 is 11.7 Å². The van der Waals surface area contributed by atoms with Crippen molar-refractivity contribution >= 4 is 22.3 Å². The maximum absolute atomic E-state index is 12.7. The van der Waals surface area contributed by atoms with Crippen molar-refractivity contribution in [3.05, 3.63) is 59.3 Å². The average Bonchev–Trinajstić information content (AvgIpc) is 2.91. The molecule has 6 heteroatoms. The van der Waals surface area contributed by atoms with E-state index in [1.807, 2.05) is 31.4 Å². The minimum atomic E-state index is -4.32. The molecule has 3 rings (SSSR count). The van der Waals surface area contributed by atoms with Crippen LogP contribution in [0.3, 0.4) is 0 Å². The molecule has 3 aromatic rings. The van der Waals surface area contributed by atoms with Gasteiger partial charge in [0.15, 0.2) is 0 Å². The Morgan fingerprint density at radius 2 is 1.88 bits per heavy atom. The number of hydrogen-bond donors (Lipinski definition) is 3. The molecule has 0 bridgehead atoms. The third kappa shape index (κ3) is 3.23. The molecule has 126 valence electrons. The van der Waals surface area contributed by atoms with Gasteiger partial charge in [0.25, 0.3) is 0 Å². The first-order chi connectivity index (χ1) is 11.4. The summed E-state index contributed by atoms with van der Waals surface area (Å²) in [5, 5.41) is 7.42. The van der Waals surface area contributed by atoms with Gasteiger partial charge >= 0.3 is 6.18 Å². The van der Waals surface area contributed by atoms with Gasteiger partial charge in [0, 0.05) is 35.0 Å². The standard InChI is InChI=1S/C18H18F3N3/c1-11-7-13(18(19,20)21)3-6-16(11)24-14-4-5-15-12(9-22-2)10-23-17(15)8-14/h3-8,10,22-24H,9H2,1-2H3. The zero-order valence-electron chi connectivity index (χ0n) is 13.4. The first-order valence-corrected chi connectivity index (χ1v) is 7.58. The van der Waals surface area contributed by atoms with E-state index in [1.54, 1.807) is 6.92 Å². The number of nitrogens with one attached hydrogen (secondary N) is 3. The Kier molecular flexibility index (Phi) is 4.24. The highest BCUT2D eigenvalue weighted by atomic mass is 19.4. The number of aromatic amines is 1. The number of aromatic nitrogens is 1. The van der Waals surface area contributed by atoms with E-state index in [4.69, 9.17) is 0 Å². The Hall–Kier alpha value is -2.47. The van der Waals surface area contributed by atoms with Gasteiger partial charge in [-0.1, -0.05) is 6.07 Å². The smallest absolute Gasteiger partial charge is 0.361 e. The maximum atomic E-state index is 12.7. The summed E-state index contributed by atoms with van der Waals surface area (Å²) in [7, 11) is 1.89. The molecule has 0 aliphatic carbocycles. The van der Waals surface area contributed by atoms with Crippen LogP contribution in [-0.4, -0.2) is 12.0 Å². The lowest BCUT2D eigenvalue weighted by molar-refractivity contribution is -0.137. The lowest BCUT2D eigenvalue weighted by Crippen LogP contribution is -2.05. The number of H-pyrrole nitrogens is 1. The molecule has 3 nitrogen and oxygen atoms in total. The summed E-state index contributed by atoms with van der Waals surface area (Å²) in [6, 6.07) is 9.58. The van der Waals surface area contributed by atoms with Crippen molar-refractivity contribution in [2.24, 2.45) is 0 Å². The van der Waals surface area contributed by atoms with E-state index in [0.29, 0.717) is 11.3 Å². The molecule has 0 spiro atoms. The molecule has 0 fully saturated rings. The number of anilines is 2. The quantitative estimate of drug-likeness (QED) is 0.632. The van der Waals surface area contributed by atoms with E-state index in [1.165, 1.54) is 11.6 Å². The summed E-state index contributed by atoms with van der Waals surface area (Å²) < 4.78 is 38.2. The topological polar surface area (TPSA) is 39.9 Å². The van der Waals surface area contributed by atoms with Gasteiger partial charge in [0.1, 0.15) is 0 Å². The van der Waals surface area contributed by atoms with Crippen LogP contribution in [0.5, 0.6) is 0 Å². The van der Waals surface area contributed by atoms with Crippen molar-refractivity contribution in [1.82, 2.24) is 10.3 Å². The predicted octanol–water partition coefficient (Wildman–Crippen LogP) is 4.96. The van der Waals surface area contributed by atoms with Gasteiger partial charge in [-0.25, -0.2) is 0 Å². The maximum Gasteiger partial charge on any atom is 0.416 e. The Labute approximate surface area is 137 Å². The zero-order valence-corrected chi connectivity index (χ0v) is 13.4. The largest absolute Gasteiger partial charge is 0.416 e. The van der Waals surface area contributed by atoms with Gasteiger partial charge < -0.3 is 15.6 Å². The van der Waals surface area contributed by atoms with Crippen LogP contribution < -0.4 is 10.6 Å². The highest BCUT2D eigenvalue weighted by molar-refractivity contribution is 5.87. The zero-order chi connectivity index (χ0) is 17.3. The summed E-state index contributed by atoms with van der Waals surface area (Å²) in [6.45, 7) is 2.43. The van der Waals surface area contributed by atoms with Crippen LogP contribution >= 0.6 is 0 Å². The van der Waals surface area contributed by atoms with Crippen LogP contribution in [0.1, 0.15) is 16.7 Å². The number of rotatable bonds is 4. The van der Waals surface area contributed by atoms with E-state index in [9.17, 15) is 13.2 Å². The molecule has 0 radical (unpaired) electrons. The van der Waals surface area contributed by atoms with Gasteiger partial charge in [-0.3, -0.25) is 0 Å². The Morgan fingerprint density at radius 3 is 2.54 bits per heavy atom. The Morgan fingerprint density at radius 1 is 1.08 bits per heavy atom. The molecule has 0 atom stereocenters. The lowest BCUT2D eigenvalue weighted by atomic mass is 10.1. The highest BCUT2D eigenvalue weighted by Gasteiger charge is 2.30. The Bertz CT molecular complexity index is 866. The molecule has 0 aliphatic heterocycles. The number of alkyl halides is 3. The van der Waals surface area contributed by atoms with E-state index in [0.717, 1.165) is 35.3 Å². The van der Waals surface area contributed by atoms with Crippen molar-refractivity contribution in [2.75, 3.05) is 12.4 Å². The van der Waals surface area contributed by atoms with Crippen molar-refractivity contribution < 1.29 is 13.2 Å². The van der Waals surface area contributed by atoms with Crippen LogP contribution in [0, 0.1) is 6.92 Å². The van der Waals surface area contributed by atoms with Gasteiger partial charge in [0.05, 0.1) is 5.56 Å². The molecule has 0 saturated heterocycles. The van der Waals surface area contributed by atoms with Crippen LogP contribution in [0.4, 0.5) is 24.5 Å². The van der Waals surface area contributed by atoms with Crippen LogP contribution in [0.25, 0.3) is 10.9 Å². The molecule has 2 aromatic carbocycles. The second-order valence-electron chi connectivity index (χ2n) is 5.76. The molecule has 24 heavy (non-hydrogen) atoms. The first-order valence-electron chi connectivity index (χ1n) is 7.58. The van der Waals surface area contributed by atoms with Crippen molar-refractivity contribution in [2.45, 2.75) is 19.6 Å². The molecule has 0 saturated carbocycles. The fraction of sp³-hybridized carbons (Fsp3) is 0.222. The summed E-state index contributed by atoms with van der Waals surface area (Å²) >= 11 is 0. The molecule has 3 N–H and O–H groups in total. The average molecular weight is 333 g/mol. The monoisotopic (exact) mass is 333 g/mol. The van der Waals surface area contributed by atoms with Crippen molar-refractivity contribution in [1.29, 1.82) is 0 Å². The van der Waals surface area contributed by atoms with Crippen molar-refractivity contribution in [3.63, 3.8) is 0 Å². The second kappa shape index (κ2) is 6.20. The third-order valence-corrected chi connectivity index (χ3v) is 3.97. The lowest BCUT2D eigenvalue weighted by Gasteiger charge is -2.13. The van der Waals surface area contributed by atoms with E-state index in [2.05, 4.69) is 15.6 Å². The Balaban J connectivity index is 1.87. The van der Waals surface area contributed by atoms with Gasteiger partial charge in [0.2, 0.25) is 0 Å². The molecule has 1 aromatic heterocycles. The first kappa shape index (κ1) is 16.4. The molecular formula is C18H18F3N3. The number of aryl methyl sites for hydroxylation is 1. The summed E-state index contributed by atoms with van der Waals surface area (Å²) in [4.78, 5) is 3.21. The third-order valence-electron chi connectivity index (χ3n) is 3.97. The minimum Gasteiger partial charge on any atom is -0.361 e. The number of benzene rings is 2. The van der Waals surface area contributed by atoms with Gasteiger partial charge in [-0.2, -0.15) is 13.2 Å². The normalized spacial score (nSPS) is 11.9. The van der Waals surface area contributed by atoms with Gasteiger partial charge in [-0.05, 0) is 55.4 Å². The number of halogens is 3. The molecular weight excluding hydrogens is 315 g/mol. The fourth-order valence-electron chi connectivity index (χ4n) is 2.74. The number of fused-ring (bicyclic) bond motifs is 1. The minimum absolute atomic E-state index is 0.548. The van der Waals surface area contributed by atoms with Crippen LogP contribution in [0.15, 0.2) is 42.6 Å². The highest BCUT2D eigenvalue weighted by Crippen LogP contribution is 2.32. The van der Waals surface area contributed by atoms with E-state index >= 15 is 0 Å². The van der Waals surface area contributed by atoms with Crippen LogP contribution in [-0.2, 0) is 12.7 Å². The molecule has 1 heterocycles. The number of hydrogen-bond acceptors (Lipinski definition) is 2. The summed E-state index contributed by atoms with van der Waals surface area (Å²) in [6.07, 6.45) is -2.37. The molecule has 0 amide bonds. The SMILES string of the molecule is CNCc1c[nH]c2cc(Nc3ccc(C(F)(F)F)cc3C)ccc12. The second-order valence-corrected chi connectivity index (χ2v) is 5.76.